The van der Waals surface area contributed by atoms with Gasteiger partial charge >= 0.3 is 0 Å². The molecule has 1 unspecified atom stereocenters. The van der Waals surface area contributed by atoms with Gasteiger partial charge in [0.05, 0.1) is 7.11 Å². The third-order valence-corrected chi connectivity index (χ3v) is 5.19. The van der Waals surface area contributed by atoms with E-state index in [1.165, 1.54) is 24.8 Å². The van der Waals surface area contributed by atoms with Gasteiger partial charge in [0.15, 0.2) is 16.5 Å². The molecule has 9 nitrogen and oxygen atoms in total. The van der Waals surface area contributed by atoms with Crippen LogP contribution in [0.2, 0.25) is 0 Å². The van der Waals surface area contributed by atoms with E-state index in [0.717, 1.165) is 5.56 Å². The van der Waals surface area contributed by atoms with Crippen molar-refractivity contribution in [2.75, 3.05) is 12.4 Å². The smallest absolute Gasteiger partial charge is 0.257 e. The molecule has 0 aliphatic rings. The third kappa shape index (κ3) is 4.81. The number of rotatable bonds is 7. The molecule has 4 aromatic rings. The Kier molecular flexibility index (Phi) is 6.08. The lowest BCUT2D eigenvalue weighted by atomic mass is 10.1. The Morgan fingerprint density at radius 1 is 1.10 bits per heavy atom. The van der Waals surface area contributed by atoms with Crippen molar-refractivity contribution in [1.29, 1.82) is 0 Å². The van der Waals surface area contributed by atoms with Gasteiger partial charge in [0, 0.05) is 29.7 Å². The number of nitrogens with one attached hydrogen (secondary N) is 1. The van der Waals surface area contributed by atoms with Gasteiger partial charge in [-0.3, -0.25) is 15.1 Å². The van der Waals surface area contributed by atoms with Gasteiger partial charge in [-0.15, -0.1) is 10.2 Å². The summed E-state index contributed by atoms with van der Waals surface area (Å²) in [6, 6.07) is 10.5. The molecular weight excluding hydrogens is 416 g/mol. The first-order chi connectivity index (χ1) is 15.1. The topological polar surface area (TPSA) is 112 Å². The third-order valence-electron chi connectivity index (χ3n) is 4.33. The average Bonchev–Trinajstić information content (AvgIpc) is 3.29. The molecule has 1 atom stereocenters. The van der Waals surface area contributed by atoms with Gasteiger partial charge in [-0.25, -0.2) is 9.97 Å². The summed E-state index contributed by atoms with van der Waals surface area (Å²) in [6.45, 7) is 1.92. The number of hydrogen-bond donors (Lipinski definition) is 1. The van der Waals surface area contributed by atoms with Crippen LogP contribution in [0.25, 0.3) is 10.7 Å². The van der Waals surface area contributed by atoms with E-state index in [0.29, 0.717) is 32.9 Å². The fraction of sp³-hybridized carbons (Fsp3) is 0.143. The molecule has 4 rings (SSSR count). The van der Waals surface area contributed by atoms with Crippen molar-refractivity contribution in [2.24, 2.45) is 0 Å². The minimum atomic E-state index is -0.337. The predicted molar refractivity (Wildman–Crippen MR) is 115 cm³/mol. The summed E-state index contributed by atoms with van der Waals surface area (Å²) < 4.78 is 11.4. The van der Waals surface area contributed by atoms with Crippen molar-refractivity contribution in [3.05, 3.63) is 72.4 Å². The van der Waals surface area contributed by atoms with Crippen LogP contribution in [0, 0.1) is 0 Å². The van der Waals surface area contributed by atoms with Crippen LogP contribution in [-0.4, -0.2) is 38.2 Å². The summed E-state index contributed by atoms with van der Waals surface area (Å²) in [7, 11) is 1.53. The zero-order valence-electron chi connectivity index (χ0n) is 16.7. The van der Waals surface area contributed by atoms with E-state index < -0.39 is 0 Å². The number of pyridine rings is 1. The number of anilines is 1. The minimum Gasteiger partial charge on any atom is -0.493 e. The molecule has 0 aliphatic carbocycles. The second kappa shape index (κ2) is 9.26. The van der Waals surface area contributed by atoms with Crippen molar-refractivity contribution in [1.82, 2.24) is 25.1 Å². The van der Waals surface area contributed by atoms with Crippen LogP contribution in [0.5, 0.6) is 11.5 Å². The number of ether oxygens (including phenoxy) is 2. The Labute approximate surface area is 182 Å². The van der Waals surface area contributed by atoms with Crippen molar-refractivity contribution in [3.8, 4) is 22.2 Å². The molecular formula is C21H18N6O3S. The predicted octanol–water partition coefficient (Wildman–Crippen LogP) is 3.79. The maximum atomic E-state index is 12.7. The summed E-state index contributed by atoms with van der Waals surface area (Å²) in [4.78, 5) is 24.8. The molecule has 31 heavy (non-hydrogen) atoms. The summed E-state index contributed by atoms with van der Waals surface area (Å²) in [5, 5.41) is 11.8. The Hall–Kier alpha value is -3.92. The molecule has 0 bridgehead atoms. The highest BCUT2D eigenvalue weighted by Gasteiger charge is 2.16. The van der Waals surface area contributed by atoms with Gasteiger partial charge in [0.2, 0.25) is 5.13 Å². The zero-order valence-corrected chi connectivity index (χ0v) is 17.5. The summed E-state index contributed by atoms with van der Waals surface area (Å²) in [5.41, 5.74) is 1.97. The maximum Gasteiger partial charge on any atom is 0.257 e. The Morgan fingerprint density at radius 3 is 2.74 bits per heavy atom. The van der Waals surface area contributed by atoms with Gasteiger partial charge in [0.25, 0.3) is 5.91 Å². The Bertz CT molecular complexity index is 1170. The highest BCUT2D eigenvalue weighted by Crippen LogP contribution is 2.32. The number of methoxy groups -OCH3 is 1. The number of hydrogen-bond acceptors (Lipinski definition) is 9. The minimum absolute atomic E-state index is 0.233. The van der Waals surface area contributed by atoms with Gasteiger partial charge in [0.1, 0.15) is 18.1 Å². The quantitative estimate of drug-likeness (QED) is 0.468. The van der Waals surface area contributed by atoms with E-state index >= 15 is 0 Å². The Morgan fingerprint density at radius 2 is 2.00 bits per heavy atom. The van der Waals surface area contributed by atoms with E-state index in [1.807, 2.05) is 19.1 Å². The van der Waals surface area contributed by atoms with Gasteiger partial charge in [-0.05, 0) is 37.3 Å². The molecule has 0 aliphatic heterocycles. The summed E-state index contributed by atoms with van der Waals surface area (Å²) in [5.74, 6) is 0.634. The lowest BCUT2D eigenvalue weighted by molar-refractivity contribution is 0.102. The average molecular weight is 434 g/mol. The number of amides is 1. The van der Waals surface area contributed by atoms with Crippen LogP contribution in [0.3, 0.4) is 0 Å². The number of benzene rings is 1. The molecule has 1 N–H and O–H groups in total. The second-order valence-electron chi connectivity index (χ2n) is 6.37. The standard InChI is InChI=1S/C21H18N6O3S/c1-13(15-4-3-8-22-11-15)30-17-6-5-14(10-18(17)29-2)19(28)25-21-27-26-20(31-21)16-7-9-23-12-24-16/h3-13H,1-2H3,(H,25,27,28). The maximum absolute atomic E-state index is 12.7. The fourth-order valence-electron chi connectivity index (χ4n) is 2.74. The van der Waals surface area contributed by atoms with Crippen LogP contribution >= 0.6 is 11.3 Å². The molecule has 0 saturated carbocycles. The van der Waals surface area contributed by atoms with Crippen LogP contribution in [-0.2, 0) is 0 Å². The molecule has 3 aromatic heterocycles. The van der Waals surface area contributed by atoms with Crippen molar-refractivity contribution >= 4 is 22.4 Å². The first-order valence-corrected chi connectivity index (χ1v) is 10.1. The van der Waals surface area contributed by atoms with E-state index in [1.54, 1.807) is 42.9 Å². The first-order valence-electron chi connectivity index (χ1n) is 9.30. The second-order valence-corrected chi connectivity index (χ2v) is 7.35. The number of nitrogens with zero attached hydrogens (tertiary/aromatic N) is 5. The molecule has 0 spiro atoms. The largest absolute Gasteiger partial charge is 0.493 e. The monoisotopic (exact) mass is 434 g/mol. The number of aromatic nitrogens is 5. The first kappa shape index (κ1) is 20.4. The summed E-state index contributed by atoms with van der Waals surface area (Å²) >= 11 is 1.22. The van der Waals surface area contributed by atoms with E-state index in [-0.39, 0.29) is 12.0 Å². The van der Waals surface area contributed by atoms with Crippen LogP contribution in [0.4, 0.5) is 5.13 Å². The van der Waals surface area contributed by atoms with Crippen LogP contribution in [0.1, 0.15) is 28.9 Å². The Balaban J connectivity index is 1.47. The lowest BCUT2D eigenvalue weighted by Gasteiger charge is -2.17. The highest BCUT2D eigenvalue weighted by molar-refractivity contribution is 7.18. The zero-order chi connectivity index (χ0) is 21.6. The van der Waals surface area contributed by atoms with Crippen LogP contribution < -0.4 is 14.8 Å². The normalized spacial score (nSPS) is 11.5. The van der Waals surface area contributed by atoms with Crippen LogP contribution in [0.15, 0.2) is 61.3 Å². The molecule has 10 heteroatoms. The molecule has 0 saturated heterocycles. The van der Waals surface area contributed by atoms with Crippen molar-refractivity contribution in [2.45, 2.75) is 13.0 Å². The SMILES string of the molecule is COc1cc(C(=O)Nc2nnc(-c3ccncn3)s2)ccc1OC(C)c1cccnc1. The van der Waals surface area contributed by atoms with E-state index in [9.17, 15) is 4.79 Å². The van der Waals surface area contributed by atoms with E-state index in [2.05, 4.69) is 30.5 Å². The van der Waals surface area contributed by atoms with E-state index in [4.69, 9.17) is 9.47 Å². The number of carbonyl (C=O) groups is 1. The van der Waals surface area contributed by atoms with Gasteiger partial charge < -0.3 is 9.47 Å². The van der Waals surface area contributed by atoms with Crippen molar-refractivity contribution in [3.63, 3.8) is 0 Å². The molecule has 0 fully saturated rings. The highest BCUT2D eigenvalue weighted by atomic mass is 32.1. The fourth-order valence-corrected chi connectivity index (χ4v) is 3.46. The molecule has 0 radical (unpaired) electrons. The number of carbonyl (C=O) groups excluding carboxylic acids is 1. The molecule has 3 heterocycles. The van der Waals surface area contributed by atoms with Gasteiger partial charge in [-0.2, -0.15) is 0 Å². The molecule has 1 amide bonds. The molecule has 156 valence electrons. The lowest BCUT2D eigenvalue weighted by Crippen LogP contribution is -2.12. The summed E-state index contributed by atoms with van der Waals surface area (Å²) in [6.07, 6.45) is 6.27. The van der Waals surface area contributed by atoms with Gasteiger partial charge in [-0.1, -0.05) is 17.4 Å². The van der Waals surface area contributed by atoms with Crippen molar-refractivity contribution < 1.29 is 14.3 Å². The molecule has 1 aromatic carbocycles.